The van der Waals surface area contributed by atoms with Crippen molar-refractivity contribution in [3.63, 3.8) is 0 Å². The Balaban J connectivity index is 1.56. The molecule has 3 aliphatic heterocycles. The van der Waals surface area contributed by atoms with Crippen LogP contribution in [0, 0.1) is 0 Å². The minimum atomic E-state index is -3.86. The molecule has 0 saturated carbocycles. The van der Waals surface area contributed by atoms with Gasteiger partial charge in [-0.2, -0.15) is 4.31 Å². The van der Waals surface area contributed by atoms with E-state index in [4.69, 9.17) is 9.15 Å². The van der Waals surface area contributed by atoms with Crippen LogP contribution in [0.25, 0.3) is 11.1 Å². The highest BCUT2D eigenvalue weighted by Gasteiger charge is 2.63. The van der Waals surface area contributed by atoms with Gasteiger partial charge in [0, 0.05) is 39.0 Å². The van der Waals surface area contributed by atoms with E-state index in [9.17, 15) is 18.0 Å². The lowest BCUT2D eigenvalue weighted by Gasteiger charge is -2.42. The third-order valence-corrected chi connectivity index (χ3v) is 7.84. The van der Waals surface area contributed by atoms with Crippen molar-refractivity contribution in [2.75, 3.05) is 19.7 Å². The highest BCUT2D eigenvalue weighted by molar-refractivity contribution is 7.89. The van der Waals surface area contributed by atoms with Crippen molar-refractivity contribution < 1.29 is 22.4 Å². The highest BCUT2D eigenvalue weighted by atomic mass is 32.2. The number of sulfonamides is 1. The molecule has 0 unspecified atom stereocenters. The lowest BCUT2D eigenvalue weighted by molar-refractivity contribution is -0.178. The quantitative estimate of drug-likeness (QED) is 0.725. The Labute approximate surface area is 155 Å². The topological polar surface area (TPSA) is 102 Å². The van der Waals surface area contributed by atoms with Crippen molar-refractivity contribution in [2.45, 2.75) is 35.9 Å². The molecule has 0 N–H and O–H groups in total. The number of hydrogen-bond acceptors (Lipinski definition) is 6. The monoisotopic (exact) mass is 393 g/mol. The molecule has 2 atom stereocenters. The molecule has 5 rings (SSSR count). The predicted octanol–water partition coefficient (Wildman–Crippen LogP) is 0.243. The minimum absolute atomic E-state index is 0.0445. The van der Waals surface area contributed by atoms with Crippen LogP contribution < -0.4 is 5.76 Å². The van der Waals surface area contributed by atoms with Gasteiger partial charge in [0.15, 0.2) is 11.3 Å². The van der Waals surface area contributed by atoms with Crippen LogP contribution in [-0.4, -0.2) is 59.6 Å². The predicted molar refractivity (Wildman–Crippen MR) is 93.4 cm³/mol. The van der Waals surface area contributed by atoms with Crippen molar-refractivity contribution in [1.29, 1.82) is 0 Å². The molecule has 0 radical (unpaired) electrons. The van der Waals surface area contributed by atoms with Crippen molar-refractivity contribution >= 4 is 27.0 Å². The molecule has 1 aromatic heterocycles. The van der Waals surface area contributed by atoms with Crippen molar-refractivity contribution in [3.05, 3.63) is 28.7 Å². The van der Waals surface area contributed by atoms with Gasteiger partial charge in [-0.25, -0.2) is 13.2 Å². The lowest BCUT2D eigenvalue weighted by atomic mass is 10.0. The number of oxazole rings is 1. The molecular formula is C17H19N3O6S. The summed E-state index contributed by atoms with van der Waals surface area (Å²) in [5.74, 6) is -0.614. The number of carbonyl (C=O) groups excluding carboxylic acids is 1. The number of amides is 1. The summed E-state index contributed by atoms with van der Waals surface area (Å²) >= 11 is 0. The number of hydrogen-bond donors (Lipinski definition) is 0. The molecule has 1 aromatic carbocycles. The first-order valence-electron chi connectivity index (χ1n) is 8.90. The number of nitrogens with zero attached hydrogens (tertiary/aromatic N) is 3. The van der Waals surface area contributed by atoms with Crippen molar-refractivity contribution in [1.82, 2.24) is 13.8 Å². The van der Waals surface area contributed by atoms with E-state index < -0.39 is 27.5 Å². The summed E-state index contributed by atoms with van der Waals surface area (Å²) < 4.78 is 40.4. The summed E-state index contributed by atoms with van der Waals surface area (Å²) in [4.78, 5) is 25.8. The van der Waals surface area contributed by atoms with Crippen LogP contribution in [0.3, 0.4) is 0 Å². The second-order valence-electron chi connectivity index (χ2n) is 7.23. The number of aryl methyl sites for hydroxylation is 1. The van der Waals surface area contributed by atoms with Crippen LogP contribution in [-0.2, 0) is 26.6 Å². The van der Waals surface area contributed by atoms with Crippen LogP contribution in [0.4, 0.5) is 0 Å². The number of aromatic nitrogens is 1. The van der Waals surface area contributed by atoms with Gasteiger partial charge in [-0.05, 0) is 18.6 Å². The lowest BCUT2D eigenvalue weighted by Crippen LogP contribution is -2.56. The SMILES string of the molecule is Cn1c(=O)oc2cc(S(=O)(=O)N3CC[C@@]45OCCCN4C(=O)C[C@@H]35)ccc21. The average Bonchev–Trinajstić information content (AvgIpc) is 3.23. The number of rotatable bonds is 2. The molecule has 1 spiro atoms. The largest absolute Gasteiger partial charge is 0.419 e. The van der Waals surface area contributed by atoms with Crippen LogP contribution in [0.5, 0.6) is 0 Å². The van der Waals surface area contributed by atoms with Gasteiger partial charge in [-0.1, -0.05) is 0 Å². The fourth-order valence-corrected chi connectivity index (χ4v) is 6.28. The molecule has 2 aromatic rings. The maximum Gasteiger partial charge on any atom is 0.419 e. The smallest absolute Gasteiger partial charge is 0.408 e. The number of ether oxygens (including phenoxy) is 1. The number of fused-ring (bicyclic) bond motifs is 1. The summed E-state index contributed by atoms with van der Waals surface area (Å²) in [7, 11) is -2.30. The number of benzene rings is 1. The fourth-order valence-electron chi connectivity index (χ4n) is 4.61. The minimum Gasteiger partial charge on any atom is -0.408 e. The van der Waals surface area contributed by atoms with Crippen molar-refractivity contribution in [3.8, 4) is 0 Å². The summed E-state index contributed by atoms with van der Waals surface area (Å²) in [6.45, 7) is 1.41. The molecule has 3 saturated heterocycles. The van der Waals surface area contributed by atoms with E-state index in [1.807, 2.05) is 0 Å². The van der Waals surface area contributed by atoms with Gasteiger partial charge in [-0.15, -0.1) is 0 Å². The maximum absolute atomic E-state index is 13.3. The molecule has 4 heterocycles. The second-order valence-corrected chi connectivity index (χ2v) is 9.12. The van der Waals surface area contributed by atoms with E-state index in [1.54, 1.807) is 18.0 Å². The van der Waals surface area contributed by atoms with Gasteiger partial charge >= 0.3 is 5.76 Å². The molecule has 10 heteroatoms. The first-order chi connectivity index (χ1) is 12.8. The van der Waals surface area contributed by atoms with Gasteiger partial charge in [-0.3, -0.25) is 9.36 Å². The summed E-state index contributed by atoms with van der Waals surface area (Å²) in [5, 5.41) is 0. The third-order valence-electron chi connectivity index (χ3n) is 5.93. The van der Waals surface area contributed by atoms with Gasteiger partial charge in [0.05, 0.1) is 23.1 Å². The van der Waals surface area contributed by atoms with E-state index in [0.29, 0.717) is 25.1 Å². The fraction of sp³-hybridized carbons (Fsp3) is 0.529. The zero-order valence-electron chi connectivity index (χ0n) is 14.8. The maximum atomic E-state index is 13.3. The molecule has 144 valence electrons. The van der Waals surface area contributed by atoms with Gasteiger partial charge in [0.2, 0.25) is 15.9 Å². The van der Waals surface area contributed by atoms with Crippen molar-refractivity contribution in [2.24, 2.45) is 7.05 Å². The van der Waals surface area contributed by atoms with Crippen LogP contribution in [0.1, 0.15) is 19.3 Å². The summed E-state index contributed by atoms with van der Waals surface area (Å²) in [6, 6.07) is 3.86. The Hall–Kier alpha value is -2.17. The molecule has 3 aliphatic rings. The first-order valence-corrected chi connectivity index (χ1v) is 10.3. The second kappa shape index (κ2) is 5.43. The molecule has 27 heavy (non-hydrogen) atoms. The van der Waals surface area contributed by atoms with Crippen LogP contribution >= 0.6 is 0 Å². The summed E-state index contributed by atoms with van der Waals surface area (Å²) in [6.07, 6.45) is 1.35. The van der Waals surface area contributed by atoms with Crippen LogP contribution in [0.15, 0.2) is 32.3 Å². The van der Waals surface area contributed by atoms with Gasteiger partial charge in [0.1, 0.15) is 0 Å². The molecule has 9 nitrogen and oxygen atoms in total. The molecule has 3 fully saturated rings. The molecule has 1 amide bonds. The Morgan fingerprint density at radius 1 is 1.22 bits per heavy atom. The van der Waals surface area contributed by atoms with E-state index in [2.05, 4.69) is 0 Å². The number of carbonyl (C=O) groups is 1. The highest BCUT2D eigenvalue weighted by Crippen LogP contribution is 2.46. The standard InChI is InChI=1S/C17H19N3O6S/c1-18-12-4-3-11(9-13(12)26-16(18)22)27(23,24)20-7-5-17-14(20)10-15(21)19(17)6-2-8-25-17/h3-4,9,14H,2,5-8,10H2,1H3/t14-,17+/m1/s1. The average molecular weight is 393 g/mol. The zero-order chi connectivity index (χ0) is 19.0. The molecule has 0 bridgehead atoms. The van der Waals surface area contributed by atoms with E-state index in [0.717, 1.165) is 6.42 Å². The Morgan fingerprint density at radius 3 is 2.85 bits per heavy atom. The Morgan fingerprint density at radius 2 is 2.04 bits per heavy atom. The van der Waals surface area contributed by atoms with E-state index in [1.165, 1.54) is 21.0 Å². The first kappa shape index (κ1) is 17.0. The van der Waals surface area contributed by atoms with Crippen LogP contribution in [0.2, 0.25) is 0 Å². The zero-order valence-corrected chi connectivity index (χ0v) is 15.6. The van der Waals surface area contributed by atoms with E-state index in [-0.39, 0.29) is 29.4 Å². The normalized spacial score (nSPS) is 28.7. The van der Waals surface area contributed by atoms with Gasteiger partial charge in [0.25, 0.3) is 0 Å². The Bertz CT molecular complexity index is 1120. The molecular weight excluding hydrogens is 374 g/mol. The molecule has 0 aliphatic carbocycles. The van der Waals surface area contributed by atoms with E-state index >= 15 is 0 Å². The van der Waals surface area contributed by atoms with Gasteiger partial charge < -0.3 is 14.1 Å². The third kappa shape index (κ3) is 2.14. The Kier molecular flexibility index (Phi) is 3.41. The summed E-state index contributed by atoms with van der Waals surface area (Å²) in [5.41, 5.74) is -0.101.